The highest BCUT2D eigenvalue weighted by molar-refractivity contribution is 6.30. The molecular weight excluding hydrogens is 348 g/mol. The lowest BCUT2D eigenvalue weighted by Crippen LogP contribution is -2.25. The summed E-state index contributed by atoms with van der Waals surface area (Å²) in [5.41, 5.74) is 4.91. The van der Waals surface area contributed by atoms with E-state index in [1.807, 2.05) is 46.8 Å². The van der Waals surface area contributed by atoms with E-state index in [4.69, 9.17) is 21.1 Å². The first-order valence-electron chi connectivity index (χ1n) is 9.12. The average molecular weight is 377 g/mol. The zero-order valence-corrected chi connectivity index (χ0v) is 17.3. The van der Waals surface area contributed by atoms with Gasteiger partial charge in [0.05, 0.1) is 6.61 Å². The quantitative estimate of drug-likeness (QED) is 0.614. The van der Waals surface area contributed by atoms with Gasteiger partial charge in [0.2, 0.25) is 5.88 Å². The van der Waals surface area contributed by atoms with Crippen LogP contribution in [0.25, 0.3) is 0 Å². The van der Waals surface area contributed by atoms with Gasteiger partial charge < -0.3 is 14.8 Å². The van der Waals surface area contributed by atoms with Crippen molar-refractivity contribution in [3.05, 3.63) is 45.6 Å². The molecule has 2 aromatic rings. The average Bonchev–Trinajstić information content (AvgIpc) is 2.58. The Bertz CT molecular complexity index is 739. The van der Waals surface area contributed by atoms with Crippen molar-refractivity contribution < 1.29 is 9.47 Å². The van der Waals surface area contributed by atoms with E-state index >= 15 is 0 Å². The SMILES string of the molecule is CCOCC(CC)Nc1cc(C)nc(Oc2c(C)cc(Cl)cc2C)c1C. The fraction of sp³-hybridized carbons (Fsp3) is 0.476. The Morgan fingerprint density at radius 2 is 1.73 bits per heavy atom. The molecule has 0 spiro atoms. The number of anilines is 1. The number of halogens is 1. The minimum Gasteiger partial charge on any atom is -0.438 e. The van der Waals surface area contributed by atoms with Crippen LogP contribution in [0.4, 0.5) is 5.69 Å². The van der Waals surface area contributed by atoms with Gasteiger partial charge in [-0.3, -0.25) is 0 Å². The summed E-state index contributed by atoms with van der Waals surface area (Å²) in [7, 11) is 0. The molecule has 26 heavy (non-hydrogen) atoms. The zero-order valence-electron chi connectivity index (χ0n) is 16.6. The van der Waals surface area contributed by atoms with Gasteiger partial charge in [-0.15, -0.1) is 0 Å². The zero-order chi connectivity index (χ0) is 19.3. The lowest BCUT2D eigenvalue weighted by atomic mass is 10.1. The molecule has 0 aliphatic carbocycles. The van der Waals surface area contributed by atoms with Crippen LogP contribution < -0.4 is 10.1 Å². The van der Waals surface area contributed by atoms with E-state index in [2.05, 4.69) is 23.3 Å². The molecule has 0 bridgehead atoms. The number of nitrogens with one attached hydrogen (secondary N) is 1. The van der Waals surface area contributed by atoms with E-state index in [0.29, 0.717) is 17.5 Å². The van der Waals surface area contributed by atoms with Gasteiger partial charge >= 0.3 is 0 Å². The molecule has 142 valence electrons. The van der Waals surface area contributed by atoms with Gasteiger partial charge in [0, 0.05) is 34.6 Å². The molecule has 0 amide bonds. The molecule has 1 N–H and O–H groups in total. The second-order valence-electron chi connectivity index (χ2n) is 6.62. The highest BCUT2D eigenvalue weighted by Gasteiger charge is 2.15. The summed E-state index contributed by atoms with van der Waals surface area (Å²) in [6, 6.07) is 6.12. The molecule has 1 heterocycles. The van der Waals surface area contributed by atoms with Gasteiger partial charge in [-0.2, -0.15) is 0 Å². The Kier molecular flexibility index (Phi) is 7.30. The van der Waals surface area contributed by atoms with E-state index < -0.39 is 0 Å². The number of benzene rings is 1. The minimum atomic E-state index is 0.252. The summed E-state index contributed by atoms with van der Waals surface area (Å²) in [5, 5.41) is 4.28. The summed E-state index contributed by atoms with van der Waals surface area (Å²) in [4.78, 5) is 4.60. The maximum atomic E-state index is 6.20. The second kappa shape index (κ2) is 9.24. The number of aryl methyl sites for hydroxylation is 3. The highest BCUT2D eigenvalue weighted by Crippen LogP contribution is 2.34. The molecule has 0 aliphatic heterocycles. The van der Waals surface area contributed by atoms with Crippen molar-refractivity contribution in [3.63, 3.8) is 0 Å². The van der Waals surface area contributed by atoms with Crippen LogP contribution in [0.5, 0.6) is 11.6 Å². The second-order valence-corrected chi connectivity index (χ2v) is 7.06. The fourth-order valence-corrected chi connectivity index (χ4v) is 3.18. The smallest absolute Gasteiger partial charge is 0.224 e. The monoisotopic (exact) mass is 376 g/mol. The molecular formula is C21H29ClN2O2. The topological polar surface area (TPSA) is 43.4 Å². The first-order chi connectivity index (χ1) is 12.3. The van der Waals surface area contributed by atoms with Gasteiger partial charge in [-0.1, -0.05) is 18.5 Å². The van der Waals surface area contributed by atoms with Crippen molar-refractivity contribution in [1.82, 2.24) is 4.98 Å². The number of ether oxygens (including phenoxy) is 2. The Hall–Kier alpha value is -1.78. The highest BCUT2D eigenvalue weighted by atomic mass is 35.5. The van der Waals surface area contributed by atoms with Gasteiger partial charge in [0.25, 0.3) is 0 Å². The number of hydrogen-bond donors (Lipinski definition) is 1. The molecule has 1 unspecified atom stereocenters. The Morgan fingerprint density at radius 1 is 1.08 bits per heavy atom. The standard InChI is InChI=1S/C21H29ClN2O2/c1-7-18(12-25-8-2)24-19-11-15(5)23-21(16(19)6)26-20-13(3)9-17(22)10-14(20)4/h9-11,18H,7-8,12H2,1-6H3,(H,23,24). The Morgan fingerprint density at radius 3 is 2.31 bits per heavy atom. The number of nitrogens with zero attached hydrogens (tertiary/aromatic N) is 1. The predicted octanol–water partition coefficient (Wildman–Crippen LogP) is 5.99. The minimum absolute atomic E-state index is 0.252. The maximum absolute atomic E-state index is 6.20. The summed E-state index contributed by atoms with van der Waals surface area (Å²) in [5.74, 6) is 1.43. The van der Waals surface area contributed by atoms with E-state index in [-0.39, 0.29) is 6.04 Å². The lowest BCUT2D eigenvalue weighted by molar-refractivity contribution is 0.136. The third-order valence-corrected chi connectivity index (χ3v) is 4.57. The van der Waals surface area contributed by atoms with Crippen LogP contribution in [0.15, 0.2) is 18.2 Å². The molecule has 1 atom stereocenters. The molecule has 0 aliphatic rings. The molecule has 0 saturated carbocycles. The van der Waals surface area contributed by atoms with Crippen LogP contribution in [0.2, 0.25) is 5.02 Å². The van der Waals surface area contributed by atoms with E-state index in [1.165, 1.54) is 0 Å². The summed E-state index contributed by atoms with van der Waals surface area (Å²) >= 11 is 6.13. The van der Waals surface area contributed by atoms with Gasteiger partial charge in [0.15, 0.2) is 0 Å². The number of rotatable bonds is 8. The molecule has 2 rings (SSSR count). The molecule has 1 aromatic heterocycles. The molecule has 0 fully saturated rings. The first-order valence-corrected chi connectivity index (χ1v) is 9.50. The van der Waals surface area contributed by atoms with Crippen molar-refractivity contribution >= 4 is 17.3 Å². The van der Waals surface area contributed by atoms with Crippen molar-refractivity contribution in [2.24, 2.45) is 0 Å². The van der Waals surface area contributed by atoms with Crippen molar-refractivity contribution in [2.75, 3.05) is 18.5 Å². The number of pyridine rings is 1. The molecule has 4 nitrogen and oxygen atoms in total. The van der Waals surface area contributed by atoms with Crippen LogP contribution in [-0.2, 0) is 4.74 Å². The van der Waals surface area contributed by atoms with Crippen LogP contribution in [0.3, 0.4) is 0 Å². The largest absolute Gasteiger partial charge is 0.438 e. The van der Waals surface area contributed by atoms with Crippen LogP contribution in [-0.4, -0.2) is 24.2 Å². The number of hydrogen-bond acceptors (Lipinski definition) is 4. The Balaban J connectivity index is 2.32. The third-order valence-electron chi connectivity index (χ3n) is 4.36. The summed E-state index contributed by atoms with van der Waals surface area (Å²) < 4.78 is 11.8. The predicted molar refractivity (Wildman–Crippen MR) is 109 cm³/mol. The van der Waals surface area contributed by atoms with Crippen LogP contribution in [0.1, 0.15) is 42.7 Å². The number of aromatic nitrogens is 1. The molecule has 0 radical (unpaired) electrons. The molecule has 5 heteroatoms. The summed E-state index contributed by atoms with van der Waals surface area (Å²) in [6.45, 7) is 13.5. The fourth-order valence-electron chi connectivity index (χ4n) is 2.85. The van der Waals surface area contributed by atoms with Gasteiger partial charge in [-0.05, 0) is 70.4 Å². The van der Waals surface area contributed by atoms with E-state index in [9.17, 15) is 0 Å². The maximum Gasteiger partial charge on any atom is 0.224 e. The molecule has 0 saturated heterocycles. The normalized spacial score (nSPS) is 12.1. The van der Waals surface area contributed by atoms with Crippen molar-refractivity contribution in [1.29, 1.82) is 0 Å². The van der Waals surface area contributed by atoms with E-state index in [0.717, 1.165) is 46.8 Å². The van der Waals surface area contributed by atoms with E-state index in [1.54, 1.807) is 0 Å². The molecule has 1 aromatic carbocycles. The summed E-state index contributed by atoms with van der Waals surface area (Å²) in [6.07, 6.45) is 0.979. The van der Waals surface area contributed by atoms with Crippen molar-refractivity contribution in [2.45, 2.75) is 54.0 Å². The van der Waals surface area contributed by atoms with Gasteiger partial charge in [-0.25, -0.2) is 4.98 Å². The van der Waals surface area contributed by atoms with Crippen LogP contribution in [0, 0.1) is 27.7 Å². The lowest BCUT2D eigenvalue weighted by Gasteiger charge is -2.21. The van der Waals surface area contributed by atoms with Gasteiger partial charge in [0.1, 0.15) is 5.75 Å². The third kappa shape index (κ3) is 5.12. The Labute approximate surface area is 161 Å². The first kappa shape index (κ1) is 20.5. The van der Waals surface area contributed by atoms with Crippen molar-refractivity contribution in [3.8, 4) is 11.6 Å². The van der Waals surface area contributed by atoms with Crippen LogP contribution >= 0.6 is 11.6 Å².